The summed E-state index contributed by atoms with van der Waals surface area (Å²) in [4.78, 5) is 22.3. The van der Waals surface area contributed by atoms with Gasteiger partial charge in [0.25, 0.3) is 5.91 Å². The van der Waals surface area contributed by atoms with Crippen molar-refractivity contribution in [3.8, 4) is 0 Å². The van der Waals surface area contributed by atoms with Crippen LogP contribution in [0.2, 0.25) is 0 Å². The molecule has 1 aliphatic rings. The van der Waals surface area contributed by atoms with Gasteiger partial charge in [0.1, 0.15) is 12.2 Å². The monoisotopic (exact) mass is 207 g/mol. The summed E-state index contributed by atoms with van der Waals surface area (Å²) >= 11 is 0. The number of hydrogen-bond donors (Lipinski definition) is 1. The Bertz CT molecular complexity index is 419. The van der Waals surface area contributed by atoms with Gasteiger partial charge in [0.15, 0.2) is 5.03 Å². The number of hydrogen-bond acceptors (Lipinski definition) is 3. The van der Waals surface area contributed by atoms with Crippen molar-refractivity contribution in [3.63, 3.8) is 0 Å². The summed E-state index contributed by atoms with van der Waals surface area (Å²) in [6.07, 6.45) is 0. The van der Waals surface area contributed by atoms with E-state index in [4.69, 9.17) is 0 Å². The Kier molecular flexibility index (Phi) is 2.24. The molecule has 1 aromatic rings. The third-order valence-corrected chi connectivity index (χ3v) is 2.23. The molecule has 15 heavy (non-hydrogen) atoms. The van der Waals surface area contributed by atoms with Crippen molar-refractivity contribution < 1.29 is 9.83 Å². The number of rotatable bonds is 1. The Labute approximate surface area is 85.6 Å². The van der Waals surface area contributed by atoms with E-state index in [1.165, 1.54) is 0 Å². The van der Waals surface area contributed by atoms with Gasteiger partial charge in [-0.25, -0.2) is 10.1 Å². The summed E-state index contributed by atoms with van der Waals surface area (Å²) in [6.45, 7) is 0.449. The van der Waals surface area contributed by atoms with Crippen molar-refractivity contribution in [1.29, 1.82) is 0 Å². The van der Waals surface area contributed by atoms with Gasteiger partial charge in [-0.05, 0) is 12.1 Å². The van der Waals surface area contributed by atoms with Crippen LogP contribution < -0.4 is 10.3 Å². The normalized spacial score (nSPS) is 15.2. The summed E-state index contributed by atoms with van der Waals surface area (Å²) in [5, 5.41) is 13.8. The van der Waals surface area contributed by atoms with Gasteiger partial charge in [-0.2, -0.15) is 0 Å². The number of carbonyl (C=O) groups is 1. The Balaban J connectivity index is 2.52. The predicted octanol–water partition coefficient (Wildman–Crippen LogP) is 0.428. The third kappa shape index (κ3) is 1.61. The van der Waals surface area contributed by atoms with Crippen molar-refractivity contribution in [1.82, 2.24) is 5.32 Å². The highest BCUT2D eigenvalue weighted by Crippen LogP contribution is 2.21. The molecular formula is C9H9N3O3. The van der Waals surface area contributed by atoms with E-state index in [0.29, 0.717) is 11.3 Å². The van der Waals surface area contributed by atoms with Gasteiger partial charge in [0.05, 0.1) is 5.56 Å². The molecule has 1 N–H and O–H groups in total. The lowest BCUT2D eigenvalue weighted by Gasteiger charge is -2.12. The Morgan fingerprint density at radius 2 is 2.13 bits per heavy atom. The molecular weight excluding hydrogens is 198 g/mol. The van der Waals surface area contributed by atoms with E-state index < -0.39 is 5.03 Å². The van der Waals surface area contributed by atoms with Crippen molar-refractivity contribution >= 4 is 11.6 Å². The molecule has 0 radical (unpaired) electrons. The number of amides is 1. The van der Waals surface area contributed by atoms with Gasteiger partial charge in [0, 0.05) is 6.54 Å². The maximum absolute atomic E-state index is 11.5. The second kappa shape index (κ2) is 3.56. The topological polar surface area (TPSA) is 75.5 Å². The molecule has 0 bridgehead atoms. The Hall–Kier alpha value is -2.11. The molecule has 0 spiro atoms. The number of nitro groups is 1. The summed E-state index contributed by atoms with van der Waals surface area (Å²) in [5.74, 6) is -0.269. The molecule has 1 aromatic carbocycles. The van der Waals surface area contributed by atoms with E-state index in [1.54, 1.807) is 24.3 Å². The fraction of sp³-hybridized carbons (Fsp3) is 0.222. The van der Waals surface area contributed by atoms with Gasteiger partial charge in [0.2, 0.25) is 0 Å². The molecule has 1 aliphatic heterocycles. The second-order valence-electron chi connectivity index (χ2n) is 3.13. The maximum Gasteiger partial charge on any atom is 0.253 e. The van der Waals surface area contributed by atoms with E-state index in [0.717, 1.165) is 5.01 Å². The number of hydrazine groups is 1. The summed E-state index contributed by atoms with van der Waals surface area (Å²) in [7, 11) is 0. The summed E-state index contributed by atoms with van der Waals surface area (Å²) in [6, 6.07) is 6.51. The summed E-state index contributed by atoms with van der Waals surface area (Å²) < 4.78 is 0. The molecule has 0 unspecified atom stereocenters. The fourth-order valence-corrected chi connectivity index (χ4v) is 1.55. The summed E-state index contributed by atoms with van der Waals surface area (Å²) in [5.41, 5.74) is 0.684. The molecule has 6 heteroatoms. The van der Waals surface area contributed by atoms with Crippen LogP contribution in [0.4, 0.5) is 5.69 Å². The highest BCUT2D eigenvalue weighted by atomic mass is 16.7. The number of benzene rings is 1. The first-order valence-corrected chi connectivity index (χ1v) is 4.49. The van der Waals surface area contributed by atoms with Crippen molar-refractivity contribution in [2.75, 3.05) is 18.1 Å². The standard InChI is InChI=1S/C9H9N3O3/c13-9-7-3-1-2-4-8(7)11(12(14)15)6-5-10-9/h1-4H,5-6H2,(H,10,13). The number of anilines is 1. The van der Waals surface area contributed by atoms with E-state index in [9.17, 15) is 14.9 Å². The molecule has 6 nitrogen and oxygen atoms in total. The Morgan fingerprint density at radius 3 is 2.87 bits per heavy atom. The van der Waals surface area contributed by atoms with Crippen LogP contribution in [0.5, 0.6) is 0 Å². The fourth-order valence-electron chi connectivity index (χ4n) is 1.55. The first-order valence-electron chi connectivity index (χ1n) is 4.49. The van der Waals surface area contributed by atoms with E-state index >= 15 is 0 Å². The van der Waals surface area contributed by atoms with Crippen LogP contribution in [0.1, 0.15) is 10.4 Å². The zero-order valence-electron chi connectivity index (χ0n) is 7.84. The molecule has 0 atom stereocenters. The zero-order valence-corrected chi connectivity index (χ0v) is 7.84. The number of nitrogens with one attached hydrogen (secondary N) is 1. The first-order chi connectivity index (χ1) is 7.20. The van der Waals surface area contributed by atoms with Crippen molar-refractivity contribution in [2.45, 2.75) is 0 Å². The van der Waals surface area contributed by atoms with Crippen LogP contribution in [-0.2, 0) is 0 Å². The molecule has 0 saturated carbocycles. The minimum absolute atomic E-state index is 0.176. The number of para-hydroxylation sites is 1. The third-order valence-electron chi connectivity index (χ3n) is 2.23. The minimum atomic E-state index is -0.501. The average molecular weight is 207 g/mol. The largest absolute Gasteiger partial charge is 0.350 e. The van der Waals surface area contributed by atoms with Crippen LogP contribution in [0.15, 0.2) is 24.3 Å². The highest BCUT2D eigenvalue weighted by molar-refractivity contribution is 6.00. The zero-order chi connectivity index (χ0) is 10.8. The molecule has 78 valence electrons. The van der Waals surface area contributed by atoms with Gasteiger partial charge in [-0.15, -0.1) is 0 Å². The Morgan fingerprint density at radius 1 is 1.40 bits per heavy atom. The lowest BCUT2D eigenvalue weighted by Crippen LogP contribution is -2.34. The molecule has 1 amide bonds. The smallest absolute Gasteiger partial charge is 0.253 e. The van der Waals surface area contributed by atoms with E-state index in [2.05, 4.69) is 5.32 Å². The molecule has 2 rings (SSSR count). The van der Waals surface area contributed by atoms with Crippen LogP contribution in [0.3, 0.4) is 0 Å². The van der Waals surface area contributed by atoms with Gasteiger partial charge >= 0.3 is 0 Å². The van der Waals surface area contributed by atoms with Gasteiger partial charge < -0.3 is 5.32 Å². The second-order valence-corrected chi connectivity index (χ2v) is 3.13. The molecule has 1 heterocycles. The lowest BCUT2D eigenvalue weighted by atomic mass is 10.1. The van der Waals surface area contributed by atoms with Crippen molar-refractivity contribution in [3.05, 3.63) is 39.9 Å². The van der Waals surface area contributed by atoms with E-state index in [1.807, 2.05) is 0 Å². The van der Waals surface area contributed by atoms with Crippen LogP contribution in [0, 0.1) is 10.1 Å². The number of carbonyl (C=O) groups excluding carboxylic acids is 1. The maximum atomic E-state index is 11.5. The number of nitrogens with zero attached hydrogens (tertiary/aromatic N) is 2. The van der Waals surface area contributed by atoms with Crippen LogP contribution >= 0.6 is 0 Å². The highest BCUT2D eigenvalue weighted by Gasteiger charge is 2.26. The molecule has 0 aliphatic carbocycles. The minimum Gasteiger partial charge on any atom is -0.350 e. The van der Waals surface area contributed by atoms with Gasteiger partial charge in [-0.1, -0.05) is 17.1 Å². The van der Waals surface area contributed by atoms with Crippen molar-refractivity contribution in [2.24, 2.45) is 0 Å². The molecule has 0 aromatic heterocycles. The predicted molar refractivity (Wildman–Crippen MR) is 53.1 cm³/mol. The van der Waals surface area contributed by atoms with Gasteiger partial charge in [-0.3, -0.25) is 4.79 Å². The van der Waals surface area contributed by atoms with E-state index in [-0.39, 0.29) is 19.0 Å². The first kappa shape index (κ1) is 9.45. The lowest BCUT2D eigenvalue weighted by molar-refractivity contribution is -0.494. The molecule has 0 saturated heterocycles. The molecule has 0 fully saturated rings. The number of fused-ring (bicyclic) bond motifs is 1. The quantitative estimate of drug-likeness (QED) is 0.535. The average Bonchev–Trinajstić information content (AvgIpc) is 2.39. The SMILES string of the molecule is O=C1NCCN([N+](=O)[O-])c2ccccc21. The van der Waals surface area contributed by atoms with Crippen LogP contribution in [0.25, 0.3) is 0 Å². The van der Waals surface area contributed by atoms with Crippen LogP contribution in [-0.4, -0.2) is 24.0 Å².